The average Bonchev–Trinajstić information content (AvgIpc) is 3.24. The number of morpholine rings is 1. The minimum Gasteiger partial charge on any atom is -0.361 e. The predicted molar refractivity (Wildman–Crippen MR) is 91.2 cm³/mol. The molecule has 136 valence electrons. The SMILES string of the molecule is Cn1cncc1C(=O)N1CCC2(C1)CN(c1cccc(F)c1)C(=O)CO2. The Morgan fingerprint density at radius 2 is 2.19 bits per heavy atom. The normalized spacial score (nSPS) is 23.1. The summed E-state index contributed by atoms with van der Waals surface area (Å²) >= 11 is 0. The predicted octanol–water partition coefficient (Wildman–Crippen LogP) is 1.21. The van der Waals surface area contributed by atoms with Crippen LogP contribution in [0.5, 0.6) is 0 Å². The van der Waals surface area contributed by atoms with E-state index in [0.717, 1.165) is 0 Å². The number of nitrogens with zero attached hydrogens (tertiary/aromatic N) is 4. The lowest BCUT2D eigenvalue weighted by Crippen LogP contribution is -2.56. The summed E-state index contributed by atoms with van der Waals surface area (Å²) in [6, 6.07) is 5.96. The first-order chi connectivity index (χ1) is 12.5. The van der Waals surface area contributed by atoms with E-state index in [1.165, 1.54) is 18.3 Å². The van der Waals surface area contributed by atoms with Crippen molar-refractivity contribution in [3.63, 3.8) is 0 Å². The maximum absolute atomic E-state index is 13.6. The molecule has 0 radical (unpaired) electrons. The molecule has 4 rings (SSSR count). The molecular formula is C18H19FN4O3. The van der Waals surface area contributed by atoms with E-state index in [-0.39, 0.29) is 18.4 Å². The zero-order valence-corrected chi connectivity index (χ0v) is 14.4. The lowest BCUT2D eigenvalue weighted by molar-refractivity contribution is -0.137. The second kappa shape index (κ2) is 6.21. The highest BCUT2D eigenvalue weighted by Gasteiger charge is 2.47. The molecule has 2 aliphatic rings. The number of aromatic nitrogens is 2. The van der Waals surface area contributed by atoms with Crippen LogP contribution >= 0.6 is 0 Å². The van der Waals surface area contributed by atoms with Crippen LogP contribution in [0.4, 0.5) is 10.1 Å². The van der Waals surface area contributed by atoms with Crippen LogP contribution in [0.3, 0.4) is 0 Å². The lowest BCUT2D eigenvalue weighted by atomic mass is 10.00. The molecule has 1 aromatic carbocycles. The van der Waals surface area contributed by atoms with E-state index in [4.69, 9.17) is 4.74 Å². The number of amides is 2. The van der Waals surface area contributed by atoms with Gasteiger partial charge in [0.05, 0.1) is 25.6 Å². The largest absolute Gasteiger partial charge is 0.361 e. The van der Waals surface area contributed by atoms with E-state index in [0.29, 0.717) is 37.4 Å². The van der Waals surface area contributed by atoms with Crippen LogP contribution in [-0.2, 0) is 16.6 Å². The van der Waals surface area contributed by atoms with Crippen LogP contribution < -0.4 is 4.90 Å². The number of aryl methyl sites for hydroxylation is 1. The maximum Gasteiger partial charge on any atom is 0.272 e. The molecule has 1 unspecified atom stereocenters. The van der Waals surface area contributed by atoms with Crippen molar-refractivity contribution in [3.05, 3.63) is 48.3 Å². The topological polar surface area (TPSA) is 67.7 Å². The van der Waals surface area contributed by atoms with Gasteiger partial charge in [0, 0.05) is 19.3 Å². The van der Waals surface area contributed by atoms with Crippen molar-refractivity contribution in [3.8, 4) is 0 Å². The summed E-state index contributed by atoms with van der Waals surface area (Å²) in [5, 5.41) is 0. The fourth-order valence-electron chi connectivity index (χ4n) is 3.58. The van der Waals surface area contributed by atoms with Crippen molar-refractivity contribution in [2.24, 2.45) is 7.05 Å². The Hall–Kier alpha value is -2.74. The number of hydrogen-bond acceptors (Lipinski definition) is 4. The molecule has 2 aliphatic heterocycles. The summed E-state index contributed by atoms with van der Waals surface area (Å²) in [5.41, 5.74) is 0.388. The molecule has 2 amide bonds. The standard InChI is InChI=1S/C18H19FN4O3/c1-21-12-20-8-15(21)17(25)22-6-5-18(10-22)11-23(16(24)9-26-18)14-4-2-3-13(19)7-14/h2-4,7-8,12H,5-6,9-11H2,1H3. The maximum atomic E-state index is 13.6. The summed E-state index contributed by atoms with van der Waals surface area (Å²) in [4.78, 5) is 32.2. The third-order valence-corrected chi connectivity index (χ3v) is 5.01. The molecule has 1 spiro atoms. The van der Waals surface area contributed by atoms with Crippen LogP contribution in [0.25, 0.3) is 0 Å². The van der Waals surface area contributed by atoms with Crippen LogP contribution in [0, 0.1) is 5.82 Å². The number of hydrogen-bond donors (Lipinski definition) is 0. The molecule has 0 saturated carbocycles. The molecule has 7 nitrogen and oxygen atoms in total. The second-order valence-electron chi connectivity index (χ2n) is 6.80. The number of ether oxygens (including phenoxy) is 1. The third-order valence-electron chi connectivity index (χ3n) is 5.01. The van der Waals surface area contributed by atoms with Gasteiger partial charge >= 0.3 is 0 Å². The van der Waals surface area contributed by atoms with Crippen LogP contribution in [0.1, 0.15) is 16.9 Å². The molecule has 2 saturated heterocycles. The summed E-state index contributed by atoms with van der Waals surface area (Å²) in [5.74, 6) is -0.715. The third kappa shape index (κ3) is 2.86. The van der Waals surface area contributed by atoms with Gasteiger partial charge < -0.3 is 19.1 Å². The highest BCUT2D eigenvalue weighted by atomic mass is 19.1. The van der Waals surface area contributed by atoms with Gasteiger partial charge in [0.15, 0.2) is 0 Å². The summed E-state index contributed by atoms with van der Waals surface area (Å²) in [6.07, 6.45) is 3.74. The van der Waals surface area contributed by atoms with Crippen LogP contribution in [0.15, 0.2) is 36.8 Å². The summed E-state index contributed by atoms with van der Waals surface area (Å²) in [6.45, 7) is 1.14. The van der Waals surface area contributed by atoms with Gasteiger partial charge in [-0.15, -0.1) is 0 Å². The van der Waals surface area contributed by atoms with Crippen molar-refractivity contribution in [1.82, 2.24) is 14.5 Å². The van der Waals surface area contributed by atoms with Gasteiger partial charge in [-0.3, -0.25) is 9.59 Å². The minimum absolute atomic E-state index is 0.0791. The molecule has 0 aliphatic carbocycles. The van der Waals surface area contributed by atoms with E-state index >= 15 is 0 Å². The van der Waals surface area contributed by atoms with Gasteiger partial charge in [-0.1, -0.05) is 6.07 Å². The summed E-state index contributed by atoms with van der Waals surface area (Å²) in [7, 11) is 1.77. The van der Waals surface area contributed by atoms with E-state index < -0.39 is 11.4 Å². The van der Waals surface area contributed by atoms with E-state index in [9.17, 15) is 14.0 Å². The number of carbonyl (C=O) groups excluding carboxylic acids is 2. The van der Waals surface area contributed by atoms with Crippen molar-refractivity contribution >= 4 is 17.5 Å². The molecule has 2 fully saturated rings. The monoisotopic (exact) mass is 358 g/mol. The molecule has 3 heterocycles. The van der Waals surface area contributed by atoms with Gasteiger partial charge in [-0.2, -0.15) is 0 Å². The molecule has 0 N–H and O–H groups in total. The first-order valence-electron chi connectivity index (χ1n) is 8.43. The number of likely N-dealkylation sites (tertiary alicyclic amines) is 1. The number of anilines is 1. The van der Waals surface area contributed by atoms with Gasteiger partial charge in [0.2, 0.25) is 0 Å². The number of carbonyl (C=O) groups is 2. The minimum atomic E-state index is -0.630. The van der Waals surface area contributed by atoms with Crippen LogP contribution in [0.2, 0.25) is 0 Å². The van der Waals surface area contributed by atoms with Crippen molar-refractivity contribution in [2.75, 3.05) is 31.1 Å². The fraction of sp³-hybridized carbons (Fsp3) is 0.389. The fourth-order valence-corrected chi connectivity index (χ4v) is 3.58. The number of imidazole rings is 1. The molecule has 1 atom stereocenters. The van der Waals surface area contributed by atoms with Gasteiger partial charge in [0.25, 0.3) is 11.8 Å². The quantitative estimate of drug-likeness (QED) is 0.809. The average molecular weight is 358 g/mol. The Morgan fingerprint density at radius 3 is 2.92 bits per heavy atom. The summed E-state index contributed by atoms with van der Waals surface area (Å²) < 4.78 is 21.1. The van der Waals surface area contributed by atoms with E-state index in [2.05, 4.69) is 4.98 Å². The van der Waals surface area contributed by atoms with Crippen LogP contribution in [-0.4, -0.2) is 58.1 Å². The Labute approximate surface area is 150 Å². The molecule has 2 aromatic rings. The van der Waals surface area contributed by atoms with Crippen molar-refractivity contribution in [2.45, 2.75) is 12.0 Å². The smallest absolute Gasteiger partial charge is 0.272 e. The van der Waals surface area contributed by atoms with Crippen molar-refractivity contribution < 1.29 is 18.7 Å². The van der Waals surface area contributed by atoms with Gasteiger partial charge in [0.1, 0.15) is 23.7 Å². The second-order valence-corrected chi connectivity index (χ2v) is 6.80. The first kappa shape index (κ1) is 16.7. The zero-order valence-electron chi connectivity index (χ0n) is 14.4. The lowest BCUT2D eigenvalue weighted by Gasteiger charge is -2.40. The molecular weight excluding hydrogens is 339 g/mol. The zero-order chi connectivity index (χ0) is 18.3. The van der Waals surface area contributed by atoms with Crippen molar-refractivity contribution in [1.29, 1.82) is 0 Å². The van der Waals surface area contributed by atoms with Gasteiger partial charge in [-0.25, -0.2) is 9.37 Å². The van der Waals surface area contributed by atoms with E-state index in [1.54, 1.807) is 39.9 Å². The molecule has 1 aromatic heterocycles. The van der Waals surface area contributed by atoms with Gasteiger partial charge in [-0.05, 0) is 24.6 Å². The number of benzene rings is 1. The van der Waals surface area contributed by atoms with E-state index in [1.807, 2.05) is 0 Å². The highest BCUT2D eigenvalue weighted by Crippen LogP contribution is 2.32. The highest BCUT2D eigenvalue weighted by molar-refractivity contribution is 5.95. The molecule has 26 heavy (non-hydrogen) atoms. The Bertz CT molecular complexity index is 868. The molecule has 8 heteroatoms. The number of halogens is 1. The Kier molecular flexibility index (Phi) is 3.99. The Balaban J connectivity index is 1.53. The molecule has 0 bridgehead atoms. The Morgan fingerprint density at radius 1 is 1.35 bits per heavy atom. The first-order valence-corrected chi connectivity index (χ1v) is 8.43. The number of rotatable bonds is 2.